The van der Waals surface area contributed by atoms with E-state index in [0.717, 1.165) is 50.9 Å². The molecule has 27 heavy (non-hydrogen) atoms. The maximum Gasteiger partial charge on any atom is 0.251 e. The van der Waals surface area contributed by atoms with Crippen molar-refractivity contribution in [1.29, 1.82) is 0 Å². The Morgan fingerprint density at radius 3 is 2.56 bits per heavy atom. The molecule has 8 heteroatoms. The highest BCUT2D eigenvalue weighted by Crippen LogP contribution is 2.17. The van der Waals surface area contributed by atoms with E-state index in [-0.39, 0.29) is 29.9 Å². The van der Waals surface area contributed by atoms with Crippen molar-refractivity contribution in [2.45, 2.75) is 19.0 Å². The van der Waals surface area contributed by atoms with E-state index < -0.39 is 0 Å². The number of carbonyl (C=O) groups excluding carboxylic acids is 1. The van der Waals surface area contributed by atoms with Gasteiger partial charge >= 0.3 is 0 Å². The van der Waals surface area contributed by atoms with Crippen molar-refractivity contribution in [3.8, 4) is 0 Å². The average molecular weight is 487 g/mol. The van der Waals surface area contributed by atoms with Gasteiger partial charge in [-0.3, -0.25) is 14.7 Å². The summed E-state index contributed by atoms with van der Waals surface area (Å²) in [5, 5.41) is 6.08. The van der Waals surface area contributed by atoms with Crippen LogP contribution in [0.3, 0.4) is 0 Å². The summed E-state index contributed by atoms with van der Waals surface area (Å²) in [6.45, 7) is 6.47. The minimum Gasteiger partial charge on any atom is -0.379 e. The number of rotatable bonds is 4. The number of hydrogen-bond acceptors (Lipinski definition) is 4. The van der Waals surface area contributed by atoms with E-state index in [0.29, 0.717) is 18.2 Å². The average Bonchev–Trinajstić information content (AvgIpc) is 3.19. The Kier molecular flexibility index (Phi) is 8.78. The van der Waals surface area contributed by atoms with Gasteiger partial charge in [-0.1, -0.05) is 12.1 Å². The zero-order chi connectivity index (χ0) is 18.4. The number of ether oxygens (including phenoxy) is 1. The number of hydrogen-bond donors (Lipinski definition) is 2. The molecular formula is C19H30IN5O2. The van der Waals surface area contributed by atoms with Crippen LogP contribution in [0.5, 0.6) is 0 Å². The molecule has 1 unspecified atom stereocenters. The summed E-state index contributed by atoms with van der Waals surface area (Å²) in [6, 6.07) is 8.24. The second-order valence-corrected chi connectivity index (χ2v) is 6.71. The van der Waals surface area contributed by atoms with Crippen molar-refractivity contribution >= 4 is 35.8 Å². The number of benzene rings is 1. The smallest absolute Gasteiger partial charge is 0.251 e. The third-order valence-corrected chi connectivity index (χ3v) is 5.13. The molecule has 0 spiro atoms. The molecule has 0 aliphatic carbocycles. The Balaban J connectivity index is 0.00000261. The molecule has 0 radical (unpaired) electrons. The first-order valence-corrected chi connectivity index (χ1v) is 9.29. The number of nitrogens with one attached hydrogen (secondary N) is 2. The zero-order valence-electron chi connectivity index (χ0n) is 16.1. The molecule has 3 rings (SSSR count). The second-order valence-electron chi connectivity index (χ2n) is 6.71. The highest BCUT2D eigenvalue weighted by molar-refractivity contribution is 14.0. The Morgan fingerprint density at radius 2 is 1.93 bits per heavy atom. The van der Waals surface area contributed by atoms with E-state index in [2.05, 4.69) is 25.4 Å². The Hall–Kier alpha value is -1.39. The zero-order valence-corrected chi connectivity index (χ0v) is 18.4. The normalized spacial score (nSPS) is 20.9. The largest absolute Gasteiger partial charge is 0.379 e. The SMILES string of the molecule is CN=C(NCc1ccc(C(=O)NC)cc1)N1CCC(N2CCOCC2)C1.I. The number of carbonyl (C=O) groups is 1. The molecule has 1 amide bonds. The van der Waals surface area contributed by atoms with Gasteiger partial charge in [0.2, 0.25) is 0 Å². The molecule has 2 fully saturated rings. The minimum absolute atomic E-state index is 0. The number of nitrogens with zero attached hydrogens (tertiary/aromatic N) is 3. The van der Waals surface area contributed by atoms with Crippen molar-refractivity contribution in [2.24, 2.45) is 4.99 Å². The van der Waals surface area contributed by atoms with Crippen LogP contribution in [0.2, 0.25) is 0 Å². The van der Waals surface area contributed by atoms with Crippen LogP contribution in [0, 0.1) is 0 Å². The van der Waals surface area contributed by atoms with Crippen LogP contribution >= 0.6 is 24.0 Å². The molecule has 0 saturated carbocycles. The second kappa shape index (κ2) is 10.8. The maximum atomic E-state index is 11.6. The Bertz CT molecular complexity index is 631. The predicted octanol–water partition coefficient (Wildman–Crippen LogP) is 1.15. The number of halogens is 1. The molecule has 2 heterocycles. The Morgan fingerprint density at radius 1 is 1.22 bits per heavy atom. The number of amides is 1. The number of morpholine rings is 1. The number of likely N-dealkylation sites (tertiary alicyclic amines) is 1. The van der Waals surface area contributed by atoms with Crippen LogP contribution in [-0.4, -0.2) is 81.2 Å². The van der Waals surface area contributed by atoms with Gasteiger partial charge in [0.1, 0.15) is 0 Å². The van der Waals surface area contributed by atoms with Crippen LogP contribution in [0.1, 0.15) is 22.3 Å². The fourth-order valence-electron chi connectivity index (χ4n) is 3.61. The van der Waals surface area contributed by atoms with Gasteiger partial charge in [-0.2, -0.15) is 0 Å². The van der Waals surface area contributed by atoms with Gasteiger partial charge in [-0.25, -0.2) is 0 Å². The molecular weight excluding hydrogens is 457 g/mol. The van der Waals surface area contributed by atoms with Gasteiger partial charge in [0.25, 0.3) is 5.91 Å². The molecule has 2 aliphatic rings. The monoisotopic (exact) mass is 487 g/mol. The van der Waals surface area contributed by atoms with Gasteiger partial charge in [0.05, 0.1) is 13.2 Å². The fourth-order valence-corrected chi connectivity index (χ4v) is 3.61. The molecule has 2 saturated heterocycles. The van der Waals surface area contributed by atoms with E-state index in [9.17, 15) is 4.79 Å². The molecule has 2 aliphatic heterocycles. The maximum absolute atomic E-state index is 11.6. The lowest BCUT2D eigenvalue weighted by Gasteiger charge is -2.32. The number of guanidine groups is 1. The third kappa shape index (κ3) is 5.79. The molecule has 0 aromatic heterocycles. The molecule has 1 aromatic carbocycles. The molecule has 0 bridgehead atoms. The minimum atomic E-state index is -0.0634. The Labute approximate surface area is 178 Å². The summed E-state index contributed by atoms with van der Waals surface area (Å²) in [5.41, 5.74) is 1.80. The highest BCUT2D eigenvalue weighted by Gasteiger charge is 2.30. The van der Waals surface area contributed by atoms with Crippen LogP contribution in [0.4, 0.5) is 0 Å². The first kappa shape index (κ1) is 21.9. The van der Waals surface area contributed by atoms with Gasteiger partial charge < -0.3 is 20.3 Å². The summed E-state index contributed by atoms with van der Waals surface area (Å²) < 4.78 is 5.46. The third-order valence-electron chi connectivity index (χ3n) is 5.13. The van der Waals surface area contributed by atoms with Crippen molar-refractivity contribution in [2.75, 3.05) is 53.5 Å². The molecule has 150 valence electrons. The standard InChI is InChI=1S/C19H29N5O2.HI/c1-20-18(25)16-5-3-15(4-6-16)13-22-19(21-2)24-8-7-17(14-24)23-9-11-26-12-10-23;/h3-6,17H,7-14H2,1-2H3,(H,20,25)(H,21,22);1H. The van der Waals surface area contributed by atoms with Gasteiger partial charge in [-0.15, -0.1) is 24.0 Å². The van der Waals surface area contributed by atoms with E-state index in [1.807, 2.05) is 31.3 Å². The summed E-state index contributed by atoms with van der Waals surface area (Å²) in [7, 11) is 3.47. The van der Waals surface area contributed by atoms with E-state index in [1.54, 1.807) is 7.05 Å². The molecule has 1 atom stereocenters. The van der Waals surface area contributed by atoms with E-state index >= 15 is 0 Å². The first-order chi connectivity index (χ1) is 12.7. The van der Waals surface area contributed by atoms with Gasteiger partial charge in [0.15, 0.2) is 5.96 Å². The fraction of sp³-hybridized carbons (Fsp3) is 0.579. The summed E-state index contributed by atoms with van der Waals surface area (Å²) in [5.74, 6) is 0.877. The van der Waals surface area contributed by atoms with Crippen molar-refractivity contribution < 1.29 is 9.53 Å². The highest BCUT2D eigenvalue weighted by atomic mass is 127. The van der Waals surface area contributed by atoms with Gasteiger partial charge in [0, 0.05) is 58.4 Å². The summed E-state index contributed by atoms with van der Waals surface area (Å²) in [4.78, 5) is 20.9. The van der Waals surface area contributed by atoms with E-state index in [1.165, 1.54) is 6.42 Å². The van der Waals surface area contributed by atoms with Crippen molar-refractivity contribution in [3.63, 3.8) is 0 Å². The first-order valence-electron chi connectivity index (χ1n) is 9.29. The lowest BCUT2D eigenvalue weighted by atomic mass is 10.1. The van der Waals surface area contributed by atoms with Crippen LogP contribution in [0.25, 0.3) is 0 Å². The van der Waals surface area contributed by atoms with Crippen LogP contribution in [-0.2, 0) is 11.3 Å². The predicted molar refractivity (Wildman–Crippen MR) is 118 cm³/mol. The topological polar surface area (TPSA) is 69.2 Å². The molecule has 1 aromatic rings. The van der Waals surface area contributed by atoms with E-state index in [4.69, 9.17) is 4.74 Å². The van der Waals surface area contributed by atoms with Crippen LogP contribution in [0.15, 0.2) is 29.3 Å². The van der Waals surface area contributed by atoms with Crippen molar-refractivity contribution in [3.05, 3.63) is 35.4 Å². The quantitative estimate of drug-likeness (QED) is 0.379. The van der Waals surface area contributed by atoms with Crippen molar-refractivity contribution in [1.82, 2.24) is 20.4 Å². The summed E-state index contributed by atoms with van der Waals surface area (Å²) in [6.07, 6.45) is 1.17. The molecule has 7 nitrogen and oxygen atoms in total. The van der Waals surface area contributed by atoms with Gasteiger partial charge in [-0.05, 0) is 24.1 Å². The van der Waals surface area contributed by atoms with Crippen LogP contribution < -0.4 is 10.6 Å². The summed E-state index contributed by atoms with van der Waals surface area (Å²) >= 11 is 0. The lowest BCUT2D eigenvalue weighted by Crippen LogP contribution is -2.46. The number of aliphatic imine (C=N–C) groups is 1. The molecule has 2 N–H and O–H groups in total. The lowest BCUT2D eigenvalue weighted by molar-refractivity contribution is 0.0195.